The van der Waals surface area contributed by atoms with E-state index in [-0.39, 0.29) is 0 Å². The van der Waals surface area contributed by atoms with E-state index in [0.29, 0.717) is 0 Å². The minimum Gasteiger partial charge on any atom is -0.161 e. The molecule has 0 aromatic heterocycles. The fourth-order valence-electron chi connectivity index (χ4n) is 0.233. The molecule has 1 heteroatoms. The lowest BCUT2D eigenvalue weighted by Gasteiger charge is -1.86. The predicted molar refractivity (Wildman–Crippen MR) is 36.1 cm³/mol. The highest BCUT2D eigenvalue weighted by molar-refractivity contribution is 7.99. The number of rotatable bonds is 3. The van der Waals surface area contributed by atoms with E-state index in [1.54, 1.807) is 11.8 Å². The Hall–Kier alpha value is -0.0900. The van der Waals surface area contributed by atoms with Gasteiger partial charge in [0, 0.05) is 12.2 Å². The Labute approximate surface area is 49.7 Å². The highest BCUT2D eigenvalue weighted by Gasteiger charge is 1.77. The summed E-state index contributed by atoms with van der Waals surface area (Å²) in [6.07, 6.45) is 5.86. The second-order valence-corrected chi connectivity index (χ2v) is 2.29. The molecule has 0 fully saturated rings. The molecule has 0 heterocycles. The molecule has 1 radical (unpaired) electrons. The fourth-order valence-corrected chi connectivity index (χ4v) is 0.699. The quantitative estimate of drug-likeness (QED) is 0.395. The van der Waals surface area contributed by atoms with Gasteiger partial charge in [0.05, 0.1) is 0 Å². The van der Waals surface area contributed by atoms with Gasteiger partial charge in [-0.3, -0.25) is 0 Å². The highest BCUT2D eigenvalue weighted by Crippen LogP contribution is 1.98. The van der Waals surface area contributed by atoms with Crippen LogP contribution in [0.25, 0.3) is 0 Å². The van der Waals surface area contributed by atoms with Crippen molar-refractivity contribution in [1.82, 2.24) is 0 Å². The van der Waals surface area contributed by atoms with E-state index in [4.69, 9.17) is 6.42 Å². The number of terminal acetylenes is 1. The van der Waals surface area contributed by atoms with Crippen molar-refractivity contribution in [1.29, 1.82) is 0 Å². The Bertz CT molecular complexity index is 61.1. The summed E-state index contributed by atoms with van der Waals surface area (Å²) in [5.74, 6) is 4.54. The Morgan fingerprint density at radius 2 is 2.43 bits per heavy atom. The molecule has 0 amide bonds. The van der Waals surface area contributed by atoms with Gasteiger partial charge in [0.15, 0.2) is 0 Å². The zero-order valence-corrected chi connectivity index (χ0v) is 5.13. The molecule has 0 rings (SSSR count). The first-order valence-electron chi connectivity index (χ1n) is 2.22. The second-order valence-electron chi connectivity index (χ2n) is 1.07. The summed E-state index contributed by atoms with van der Waals surface area (Å²) in [6.45, 7) is 3.65. The molecule has 0 aliphatic rings. The largest absolute Gasteiger partial charge is 0.161 e. The Morgan fingerprint density at radius 3 is 2.86 bits per heavy atom. The molecule has 0 bridgehead atoms. The summed E-state index contributed by atoms with van der Waals surface area (Å²) < 4.78 is 0. The van der Waals surface area contributed by atoms with Crippen molar-refractivity contribution in [3.8, 4) is 12.3 Å². The van der Waals surface area contributed by atoms with Crippen molar-refractivity contribution in [2.45, 2.75) is 6.42 Å². The standard InChI is InChI=1S/C6H9S/c1-3-5-6-7-4-2/h1H,2,4-6H2. The molecule has 0 N–H and O–H groups in total. The van der Waals surface area contributed by atoms with E-state index in [9.17, 15) is 0 Å². The van der Waals surface area contributed by atoms with Gasteiger partial charge in [0.1, 0.15) is 0 Å². The van der Waals surface area contributed by atoms with Crippen LogP contribution in [-0.2, 0) is 0 Å². The first kappa shape index (κ1) is 6.91. The van der Waals surface area contributed by atoms with Crippen molar-refractivity contribution in [3.63, 3.8) is 0 Å². The third-order valence-electron chi connectivity index (χ3n) is 0.535. The van der Waals surface area contributed by atoms with E-state index in [1.165, 1.54) is 0 Å². The lowest BCUT2D eigenvalue weighted by atomic mass is 10.5. The fraction of sp³-hybridized carbons (Fsp3) is 0.500. The van der Waals surface area contributed by atoms with Gasteiger partial charge in [-0.2, -0.15) is 11.8 Å². The molecule has 0 spiro atoms. The summed E-state index contributed by atoms with van der Waals surface area (Å²) in [5, 5.41) is 0. The molecule has 7 heavy (non-hydrogen) atoms. The first-order valence-corrected chi connectivity index (χ1v) is 3.37. The molecular formula is C6H9S. The van der Waals surface area contributed by atoms with Gasteiger partial charge in [-0.15, -0.1) is 12.3 Å². The molecule has 0 saturated heterocycles. The Kier molecular flexibility index (Phi) is 5.83. The molecule has 39 valence electrons. The first-order chi connectivity index (χ1) is 3.41. The minimum absolute atomic E-state index is 0.875. The predicted octanol–water partition coefficient (Wildman–Crippen LogP) is 1.58. The molecule has 0 atom stereocenters. The third-order valence-corrected chi connectivity index (χ3v) is 1.32. The van der Waals surface area contributed by atoms with E-state index in [1.807, 2.05) is 0 Å². The molecule has 0 aromatic carbocycles. The van der Waals surface area contributed by atoms with Crippen LogP contribution in [0.2, 0.25) is 0 Å². The maximum atomic E-state index is 4.99. The third kappa shape index (κ3) is 5.91. The number of hydrogen-bond donors (Lipinski definition) is 0. The van der Waals surface area contributed by atoms with Gasteiger partial charge >= 0.3 is 0 Å². The monoisotopic (exact) mass is 113 g/mol. The van der Waals surface area contributed by atoms with Crippen LogP contribution in [0.5, 0.6) is 0 Å². The Morgan fingerprint density at radius 1 is 1.71 bits per heavy atom. The molecule has 0 aliphatic carbocycles. The van der Waals surface area contributed by atoms with Crippen molar-refractivity contribution in [3.05, 3.63) is 6.92 Å². The van der Waals surface area contributed by atoms with E-state index in [2.05, 4.69) is 12.8 Å². The summed E-state index contributed by atoms with van der Waals surface area (Å²) in [6, 6.07) is 0. The lowest BCUT2D eigenvalue weighted by molar-refractivity contribution is 1.30. The van der Waals surface area contributed by atoms with Crippen LogP contribution in [0.15, 0.2) is 0 Å². The molecule has 0 saturated carbocycles. The SMILES string of the molecule is C#CCCSC[CH2]. The van der Waals surface area contributed by atoms with Gasteiger partial charge in [-0.1, -0.05) is 0 Å². The van der Waals surface area contributed by atoms with Gasteiger partial charge in [-0.25, -0.2) is 0 Å². The average molecular weight is 113 g/mol. The van der Waals surface area contributed by atoms with Crippen LogP contribution < -0.4 is 0 Å². The maximum Gasteiger partial charge on any atom is 0.0177 e. The smallest absolute Gasteiger partial charge is 0.0177 e. The minimum atomic E-state index is 0.875. The van der Waals surface area contributed by atoms with E-state index < -0.39 is 0 Å². The van der Waals surface area contributed by atoms with Crippen LogP contribution in [-0.4, -0.2) is 11.5 Å². The van der Waals surface area contributed by atoms with Crippen LogP contribution in [0.1, 0.15) is 6.42 Å². The second kappa shape index (κ2) is 5.91. The number of hydrogen-bond acceptors (Lipinski definition) is 1. The van der Waals surface area contributed by atoms with Gasteiger partial charge in [0.25, 0.3) is 0 Å². The summed E-state index contributed by atoms with van der Waals surface area (Å²) in [7, 11) is 0. The lowest BCUT2D eigenvalue weighted by Crippen LogP contribution is -1.74. The average Bonchev–Trinajstić information content (AvgIpc) is 1.69. The van der Waals surface area contributed by atoms with Gasteiger partial charge in [-0.05, 0) is 12.7 Å². The van der Waals surface area contributed by atoms with Crippen molar-refractivity contribution >= 4 is 11.8 Å². The normalized spacial score (nSPS) is 8.00. The molecule has 0 unspecified atom stereocenters. The van der Waals surface area contributed by atoms with Crippen molar-refractivity contribution in [2.24, 2.45) is 0 Å². The molecule has 0 nitrogen and oxygen atoms in total. The van der Waals surface area contributed by atoms with Crippen LogP contribution in [0.3, 0.4) is 0 Å². The van der Waals surface area contributed by atoms with E-state index in [0.717, 1.165) is 17.9 Å². The van der Waals surface area contributed by atoms with Crippen LogP contribution in [0.4, 0.5) is 0 Å². The zero-order chi connectivity index (χ0) is 5.54. The summed E-state index contributed by atoms with van der Waals surface area (Å²) >= 11 is 1.78. The molecule has 0 aromatic rings. The summed E-state index contributed by atoms with van der Waals surface area (Å²) in [5.41, 5.74) is 0. The summed E-state index contributed by atoms with van der Waals surface area (Å²) in [4.78, 5) is 0. The number of thioether (sulfide) groups is 1. The highest BCUT2D eigenvalue weighted by atomic mass is 32.2. The molecular weight excluding hydrogens is 104 g/mol. The van der Waals surface area contributed by atoms with Crippen LogP contribution in [0, 0.1) is 19.3 Å². The van der Waals surface area contributed by atoms with Gasteiger partial charge in [0.2, 0.25) is 0 Å². The van der Waals surface area contributed by atoms with Crippen molar-refractivity contribution < 1.29 is 0 Å². The molecule has 0 aliphatic heterocycles. The Balaban J connectivity index is 2.60. The van der Waals surface area contributed by atoms with Gasteiger partial charge < -0.3 is 0 Å². The zero-order valence-electron chi connectivity index (χ0n) is 4.31. The topological polar surface area (TPSA) is 0 Å². The van der Waals surface area contributed by atoms with E-state index >= 15 is 0 Å². The maximum absolute atomic E-state index is 4.99. The van der Waals surface area contributed by atoms with Crippen LogP contribution >= 0.6 is 11.8 Å². The van der Waals surface area contributed by atoms with Crippen molar-refractivity contribution in [2.75, 3.05) is 11.5 Å².